The molecule has 0 bridgehead atoms. The smallest absolute Gasteiger partial charge is 0.255 e. The van der Waals surface area contributed by atoms with Crippen LogP contribution in [-0.2, 0) is 0 Å². The molecule has 2 rings (SSSR count). The lowest BCUT2D eigenvalue weighted by Crippen LogP contribution is -2.12. The zero-order valence-corrected chi connectivity index (χ0v) is 14.1. The predicted octanol–water partition coefficient (Wildman–Crippen LogP) is 4.47. The predicted molar refractivity (Wildman–Crippen MR) is 92.6 cm³/mol. The van der Waals surface area contributed by atoms with Crippen molar-refractivity contribution >= 4 is 11.6 Å². The van der Waals surface area contributed by atoms with Crippen LogP contribution in [-0.4, -0.2) is 19.6 Å². The summed E-state index contributed by atoms with van der Waals surface area (Å²) in [7, 11) is 1.56. The van der Waals surface area contributed by atoms with E-state index in [1.165, 1.54) is 5.56 Å². The van der Waals surface area contributed by atoms with Gasteiger partial charge in [-0.3, -0.25) is 4.79 Å². The van der Waals surface area contributed by atoms with Crippen LogP contribution in [0.5, 0.6) is 11.5 Å². The fourth-order valence-electron chi connectivity index (χ4n) is 2.24. The highest BCUT2D eigenvalue weighted by Crippen LogP contribution is 2.28. The number of rotatable bonds is 6. The largest absolute Gasteiger partial charge is 0.493 e. The zero-order valence-electron chi connectivity index (χ0n) is 14.1. The summed E-state index contributed by atoms with van der Waals surface area (Å²) in [5, 5.41) is 2.89. The number of hydrogen-bond acceptors (Lipinski definition) is 3. The number of nitrogens with one attached hydrogen (secondary N) is 1. The molecule has 0 atom stereocenters. The molecule has 23 heavy (non-hydrogen) atoms. The highest BCUT2D eigenvalue weighted by Gasteiger charge is 2.11. The lowest BCUT2D eigenvalue weighted by molar-refractivity contribution is 0.102. The maximum absolute atomic E-state index is 12.4. The molecule has 4 nitrogen and oxygen atoms in total. The Labute approximate surface area is 137 Å². The molecule has 0 saturated carbocycles. The van der Waals surface area contributed by atoms with Crippen molar-refractivity contribution in [1.29, 1.82) is 0 Å². The van der Waals surface area contributed by atoms with Crippen LogP contribution < -0.4 is 14.8 Å². The molecule has 4 heteroatoms. The second-order valence-electron chi connectivity index (χ2n) is 5.53. The van der Waals surface area contributed by atoms with Crippen molar-refractivity contribution in [2.24, 2.45) is 0 Å². The van der Waals surface area contributed by atoms with Crippen molar-refractivity contribution in [3.8, 4) is 11.5 Å². The molecule has 0 spiro atoms. The molecule has 0 aliphatic carbocycles. The Morgan fingerprint density at radius 2 is 1.78 bits per heavy atom. The maximum Gasteiger partial charge on any atom is 0.255 e. The van der Waals surface area contributed by atoms with Crippen LogP contribution in [0.25, 0.3) is 0 Å². The zero-order chi connectivity index (χ0) is 16.8. The minimum Gasteiger partial charge on any atom is -0.493 e. The van der Waals surface area contributed by atoms with Gasteiger partial charge in [-0.25, -0.2) is 0 Å². The van der Waals surface area contributed by atoms with Crippen LogP contribution in [0.3, 0.4) is 0 Å². The van der Waals surface area contributed by atoms with Crippen LogP contribution in [0, 0.1) is 0 Å². The van der Waals surface area contributed by atoms with Crippen molar-refractivity contribution < 1.29 is 14.3 Å². The Bertz CT molecular complexity index is 663. The second kappa shape index (κ2) is 7.68. The number of carbonyl (C=O) groups is 1. The summed E-state index contributed by atoms with van der Waals surface area (Å²) in [4.78, 5) is 12.4. The Morgan fingerprint density at radius 1 is 1.09 bits per heavy atom. The third-order valence-electron chi connectivity index (χ3n) is 3.56. The van der Waals surface area contributed by atoms with Crippen LogP contribution in [0.1, 0.15) is 42.6 Å². The Hall–Kier alpha value is -2.49. The highest BCUT2D eigenvalue weighted by molar-refractivity contribution is 6.04. The summed E-state index contributed by atoms with van der Waals surface area (Å²) in [6.07, 6.45) is 0. The molecule has 0 aliphatic heterocycles. The monoisotopic (exact) mass is 313 g/mol. The number of hydrogen-bond donors (Lipinski definition) is 1. The van der Waals surface area contributed by atoms with E-state index in [4.69, 9.17) is 9.47 Å². The summed E-state index contributed by atoms with van der Waals surface area (Å²) in [5.74, 6) is 1.47. The van der Waals surface area contributed by atoms with Gasteiger partial charge in [0.05, 0.1) is 13.7 Å². The summed E-state index contributed by atoms with van der Waals surface area (Å²) >= 11 is 0. The summed E-state index contributed by atoms with van der Waals surface area (Å²) in [6.45, 7) is 6.73. The summed E-state index contributed by atoms with van der Waals surface area (Å²) < 4.78 is 10.7. The number of benzene rings is 2. The summed E-state index contributed by atoms with van der Waals surface area (Å²) in [6, 6.07) is 13.0. The first kappa shape index (κ1) is 16.9. The topological polar surface area (TPSA) is 47.6 Å². The van der Waals surface area contributed by atoms with Gasteiger partial charge in [-0.2, -0.15) is 0 Å². The van der Waals surface area contributed by atoms with E-state index in [9.17, 15) is 4.79 Å². The molecule has 1 amide bonds. The number of anilines is 1. The standard InChI is InChI=1S/C19H23NO3/c1-5-23-17-11-8-15(12-18(17)22-4)19(21)20-16-9-6-14(7-10-16)13(2)3/h6-13H,5H2,1-4H3,(H,20,21). The molecule has 0 saturated heterocycles. The van der Waals surface area contributed by atoms with Gasteiger partial charge < -0.3 is 14.8 Å². The fraction of sp³-hybridized carbons (Fsp3) is 0.316. The Morgan fingerprint density at radius 3 is 2.35 bits per heavy atom. The van der Waals surface area contributed by atoms with E-state index in [1.54, 1.807) is 25.3 Å². The van der Waals surface area contributed by atoms with Crippen molar-refractivity contribution in [1.82, 2.24) is 0 Å². The molecular formula is C19H23NO3. The summed E-state index contributed by atoms with van der Waals surface area (Å²) in [5.41, 5.74) is 2.54. The van der Waals surface area contributed by atoms with Gasteiger partial charge in [-0.05, 0) is 48.7 Å². The normalized spacial score (nSPS) is 10.5. The van der Waals surface area contributed by atoms with E-state index in [2.05, 4.69) is 19.2 Å². The first-order chi connectivity index (χ1) is 11.0. The van der Waals surface area contributed by atoms with Gasteiger partial charge in [0.25, 0.3) is 5.91 Å². The van der Waals surface area contributed by atoms with Crippen LogP contribution in [0.15, 0.2) is 42.5 Å². The SMILES string of the molecule is CCOc1ccc(C(=O)Nc2ccc(C(C)C)cc2)cc1OC. The third kappa shape index (κ3) is 4.25. The molecule has 0 fully saturated rings. The van der Waals surface area contributed by atoms with E-state index < -0.39 is 0 Å². The van der Waals surface area contributed by atoms with E-state index in [1.807, 2.05) is 31.2 Å². The van der Waals surface area contributed by atoms with Crippen LogP contribution >= 0.6 is 0 Å². The van der Waals surface area contributed by atoms with E-state index in [0.29, 0.717) is 29.6 Å². The molecule has 122 valence electrons. The maximum atomic E-state index is 12.4. The molecule has 0 radical (unpaired) electrons. The molecule has 0 unspecified atom stereocenters. The lowest BCUT2D eigenvalue weighted by atomic mass is 10.0. The van der Waals surface area contributed by atoms with Gasteiger partial charge in [0.2, 0.25) is 0 Å². The molecular weight excluding hydrogens is 290 g/mol. The number of ether oxygens (including phenoxy) is 2. The van der Waals surface area contributed by atoms with Crippen molar-refractivity contribution in [2.45, 2.75) is 26.7 Å². The van der Waals surface area contributed by atoms with Gasteiger partial charge in [0.1, 0.15) is 0 Å². The average Bonchev–Trinajstić information content (AvgIpc) is 2.55. The minimum atomic E-state index is -0.177. The first-order valence-electron chi connectivity index (χ1n) is 7.77. The molecule has 0 aliphatic rings. The molecule has 2 aromatic rings. The van der Waals surface area contributed by atoms with Gasteiger partial charge >= 0.3 is 0 Å². The second-order valence-corrected chi connectivity index (χ2v) is 5.53. The Balaban J connectivity index is 2.13. The van der Waals surface area contributed by atoms with E-state index in [-0.39, 0.29) is 5.91 Å². The lowest BCUT2D eigenvalue weighted by Gasteiger charge is -2.12. The molecule has 0 aromatic heterocycles. The first-order valence-corrected chi connectivity index (χ1v) is 7.77. The number of methoxy groups -OCH3 is 1. The Kier molecular flexibility index (Phi) is 5.63. The van der Waals surface area contributed by atoms with E-state index in [0.717, 1.165) is 5.69 Å². The molecule has 0 heterocycles. The molecule has 1 N–H and O–H groups in total. The highest BCUT2D eigenvalue weighted by atomic mass is 16.5. The van der Waals surface area contributed by atoms with Crippen molar-refractivity contribution in [3.05, 3.63) is 53.6 Å². The van der Waals surface area contributed by atoms with Crippen molar-refractivity contribution in [2.75, 3.05) is 19.0 Å². The van der Waals surface area contributed by atoms with Crippen LogP contribution in [0.2, 0.25) is 0 Å². The van der Waals surface area contributed by atoms with Gasteiger partial charge in [0, 0.05) is 11.3 Å². The third-order valence-corrected chi connectivity index (χ3v) is 3.56. The van der Waals surface area contributed by atoms with Crippen molar-refractivity contribution in [3.63, 3.8) is 0 Å². The fourth-order valence-corrected chi connectivity index (χ4v) is 2.24. The molecule has 2 aromatic carbocycles. The quantitative estimate of drug-likeness (QED) is 0.856. The number of amides is 1. The average molecular weight is 313 g/mol. The van der Waals surface area contributed by atoms with Crippen LogP contribution in [0.4, 0.5) is 5.69 Å². The van der Waals surface area contributed by atoms with Gasteiger partial charge in [-0.1, -0.05) is 26.0 Å². The minimum absolute atomic E-state index is 0.177. The number of carbonyl (C=O) groups excluding carboxylic acids is 1. The van der Waals surface area contributed by atoms with Gasteiger partial charge in [-0.15, -0.1) is 0 Å². The van der Waals surface area contributed by atoms with Gasteiger partial charge in [0.15, 0.2) is 11.5 Å². The van der Waals surface area contributed by atoms with E-state index >= 15 is 0 Å².